The van der Waals surface area contributed by atoms with Gasteiger partial charge in [0.2, 0.25) is 0 Å². The lowest BCUT2D eigenvalue weighted by Gasteiger charge is -2.34. The standard InChI is InChI=1S/C20H24ClN3O/c21-19-8-4-7-17(15-19)9-10-22-20(25)24-13-11-23(12-14-24)16-18-5-2-1-3-6-18/h1-8,15H,9-14,16H2,(H,22,25). The van der Waals surface area contributed by atoms with E-state index < -0.39 is 0 Å². The Hall–Kier alpha value is -2.04. The Bertz CT molecular complexity index is 684. The van der Waals surface area contributed by atoms with Crippen molar-refractivity contribution in [1.29, 1.82) is 0 Å². The summed E-state index contributed by atoms with van der Waals surface area (Å²) in [5, 5.41) is 3.74. The van der Waals surface area contributed by atoms with Crippen LogP contribution in [0.4, 0.5) is 4.79 Å². The minimum atomic E-state index is 0.0291. The average Bonchev–Trinajstić information content (AvgIpc) is 2.63. The molecule has 1 saturated heterocycles. The van der Waals surface area contributed by atoms with Crippen LogP contribution in [-0.4, -0.2) is 48.6 Å². The van der Waals surface area contributed by atoms with E-state index in [4.69, 9.17) is 11.6 Å². The number of halogens is 1. The molecule has 25 heavy (non-hydrogen) atoms. The van der Waals surface area contributed by atoms with Gasteiger partial charge in [-0.1, -0.05) is 54.1 Å². The van der Waals surface area contributed by atoms with Gasteiger partial charge in [-0.25, -0.2) is 4.79 Å². The Balaban J connectivity index is 1.38. The first-order valence-electron chi connectivity index (χ1n) is 8.74. The quantitative estimate of drug-likeness (QED) is 0.890. The summed E-state index contributed by atoms with van der Waals surface area (Å²) in [5.41, 5.74) is 2.46. The van der Waals surface area contributed by atoms with Crippen molar-refractivity contribution in [3.63, 3.8) is 0 Å². The van der Waals surface area contributed by atoms with Crippen molar-refractivity contribution in [3.05, 3.63) is 70.7 Å². The molecule has 0 spiro atoms. The second-order valence-corrected chi connectivity index (χ2v) is 6.80. The molecular weight excluding hydrogens is 334 g/mol. The first kappa shape index (κ1) is 17.8. The van der Waals surface area contributed by atoms with Crippen LogP contribution < -0.4 is 5.32 Å². The van der Waals surface area contributed by atoms with Crippen LogP contribution in [0.3, 0.4) is 0 Å². The maximum atomic E-state index is 12.3. The molecule has 1 aliphatic heterocycles. The highest BCUT2D eigenvalue weighted by atomic mass is 35.5. The number of benzene rings is 2. The Morgan fingerprint density at radius 3 is 2.40 bits per heavy atom. The Labute approximate surface area is 154 Å². The number of rotatable bonds is 5. The molecule has 132 valence electrons. The zero-order valence-corrected chi connectivity index (χ0v) is 15.1. The molecule has 2 amide bonds. The van der Waals surface area contributed by atoms with Gasteiger partial charge in [-0.05, 0) is 29.7 Å². The van der Waals surface area contributed by atoms with E-state index in [2.05, 4.69) is 34.5 Å². The van der Waals surface area contributed by atoms with Crippen molar-refractivity contribution in [1.82, 2.24) is 15.1 Å². The first-order chi connectivity index (χ1) is 12.2. The van der Waals surface area contributed by atoms with Crippen molar-refractivity contribution >= 4 is 17.6 Å². The van der Waals surface area contributed by atoms with Gasteiger partial charge in [-0.2, -0.15) is 0 Å². The van der Waals surface area contributed by atoms with Gasteiger partial charge < -0.3 is 10.2 Å². The zero-order valence-electron chi connectivity index (χ0n) is 14.3. The summed E-state index contributed by atoms with van der Waals surface area (Å²) in [4.78, 5) is 16.6. The third-order valence-electron chi connectivity index (χ3n) is 4.49. The molecule has 1 heterocycles. The fraction of sp³-hybridized carbons (Fsp3) is 0.350. The summed E-state index contributed by atoms with van der Waals surface area (Å²) < 4.78 is 0. The van der Waals surface area contributed by atoms with Crippen molar-refractivity contribution in [2.45, 2.75) is 13.0 Å². The largest absolute Gasteiger partial charge is 0.338 e. The van der Waals surface area contributed by atoms with Gasteiger partial charge in [0.1, 0.15) is 0 Å². The number of urea groups is 1. The first-order valence-corrected chi connectivity index (χ1v) is 9.12. The summed E-state index contributed by atoms with van der Waals surface area (Å²) in [5.74, 6) is 0. The molecule has 0 atom stereocenters. The molecule has 1 N–H and O–H groups in total. The number of amides is 2. The van der Waals surface area contributed by atoms with Crippen LogP contribution in [0.2, 0.25) is 5.02 Å². The van der Waals surface area contributed by atoms with Gasteiger partial charge in [0, 0.05) is 44.3 Å². The normalized spacial score (nSPS) is 15.2. The van der Waals surface area contributed by atoms with Crippen LogP contribution in [0.15, 0.2) is 54.6 Å². The second kappa shape index (κ2) is 8.88. The van der Waals surface area contributed by atoms with Gasteiger partial charge in [0.25, 0.3) is 0 Å². The van der Waals surface area contributed by atoms with Crippen LogP contribution >= 0.6 is 11.6 Å². The molecule has 4 nitrogen and oxygen atoms in total. The summed E-state index contributed by atoms with van der Waals surface area (Å²) in [7, 11) is 0. The van der Waals surface area contributed by atoms with E-state index in [-0.39, 0.29) is 6.03 Å². The SMILES string of the molecule is O=C(NCCc1cccc(Cl)c1)N1CCN(Cc2ccccc2)CC1. The lowest BCUT2D eigenvalue weighted by Crippen LogP contribution is -2.51. The molecule has 2 aromatic rings. The van der Waals surface area contributed by atoms with E-state index in [9.17, 15) is 4.79 Å². The van der Waals surface area contributed by atoms with Gasteiger partial charge in [0.05, 0.1) is 0 Å². The predicted molar refractivity (Wildman–Crippen MR) is 102 cm³/mol. The molecule has 1 fully saturated rings. The number of carbonyl (C=O) groups excluding carboxylic acids is 1. The third kappa shape index (κ3) is 5.48. The molecule has 0 bridgehead atoms. The molecular formula is C20H24ClN3O. The maximum Gasteiger partial charge on any atom is 0.317 e. The number of nitrogens with zero attached hydrogens (tertiary/aromatic N) is 2. The van der Waals surface area contributed by atoms with Crippen molar-refractivity contribution in [3.8, 4) is 0 Å². The Morgan fingerprint density at radius 2 is 1.68 bits per heavy atom. The minimum absolute atomic E-state index is 0.0291. The van der Waals surface area contributed by atoms with E-state index >= 15 is 0 Å². The monoisotopic (exact) mass is 357 g/mol. The van der Waals surface area contributed by atoms with Crippen LogP contribution in [-0.2, 0) is 13.0 Å². The highest BCUT2D eigenvalue weighted by Gasteiger charge is 2.20. The Morgan fingerprint density at radius 1 is 0.960 bits per heavy atom. The number of nitrogens with one attached hydrogen (secondary N) is 1. The van der Waals surface area contributed by atoms with Crippen molar-refractivity contribution in [2.24, 2.45) is 0 Å². The van der Waals surface area contributed by atoms with E-state index in [1.165, 1.54) is 5.56 Å². The van der Waals surface area contributed by atoms with Gasteiger partial charge in [-0.15, -0.1) is 0 Å². The molecule has 1 aliphatic rings. The Kier molecular flexibility index (Phi) is 6.31. The van der Waals surface area contributed by atoms with Crippen LogP contribution in [0.5, 0.6) is 0 Å². The molecule has 0 aromatic heterocycles. The molecule has 5 heteroatoms. The highest BCUT2D eigenvalue weighted by Crippen LogP contribution is 2.11. The highest BCUT2D eigenvalue weighted by molar-refractivity contribution is 6.30. The third-order valence-corrected chi connectivity index (χ3v) is 4.72. The van der Waals surface area contributed by atoms with Crippen molar-refractivity contribution in [2.75, 3.05) is 32.7 Å². The predicted octanol–water partition coefficient (Wildman–Crippen LogP) is 3.41. The van der Waals surface area contributed by atoms with Crippen LogP contribution in [0, 0.1) is 0 Å². The van der Waals surface area contributed by atoms with Crippen LogP contribution in [0.1, 0.15) is 11.1 Å². The maximum absolute atomic E-state index is 12.3. The molecule has 0 aliphatic carbocycles. The fourth-order valence-corrected chi connectivity index (χ4v) is 3.28. The molecule has 3 rings (SSSR count). The lowest BCUT2D eigenvalue weighted by atomic mass is 10.1. The number of carbonyl (C=O) groups is 1. The summed E-state index contributed by atoms with van der Waals surface area (Å²) in [6.07, 6.45) is 0.792. The molecule has 0 saturated carbocycles. The summed E-state index contributed by atoms with van der Waals surface area (Å²) >= 11 is 5.98. The fourth-order valence-electron chi connectivity index (χ4n) is 3.07. The van der Waals surface area contributed by atoms with Crippen molar-refractivity contribution < 1.29 is 4.79 Å². The second-order valence-electron chi connectivity index (χ2n) is 6.36. The number of hydrogen-bond acceptors (Lipinski definition) is 2. The van der Waals surface area contributed by atoms with E-state index in [1.54, 1.807) is 0 Å². The molecule has 2 aromatic carbocycles. The van der Waals surface area contributed by atoms with Gasteiger partial charge in [-0.3, -0.25) is 4.90 Å². The topological polar surface area (TPSA) is 35.6 Å². The lowest BCUT2D eigenvalue weighted by molar-refractivity contribution is 0.135. The summed E-state index contributed by atoms with van der Waals surface area (Å²) in [6, 6.07) is 18.3. The minimum Gasteiger partial charge on any atom is -0.338 e. The average molecular weight is 358 g/mol. The van der Waals surface area contributed by atoms with Gasteiger partial charge in [0.15, 0.2) is 0 Å². The molecule has 0 unspecified atom stereocenters. The van der Waals surface area contributed by atoms with E-state index in [0.29, 0.717) is 6.54 Å². The van der Waals surface area contributed by atoms with E-state index in [1.807, 2.05) is 35.2 Å². The van der Waals surface area contributed by atoms with Gasteiger partial charge >= 0.3 is 6.03 Å². The number of hydrogen-bond donors (Lipinski definition) is 1. The zero-order chi connectivity index (χ0) is 17.5. The molecule has 0 radical (unpaired) electrons. The van der Waals surface area contributed by atoms with E-state index in [0.717, 1.165) is 49.7 Å². The summed E-state index contributed by atoms with van der Waals surface area (Å²) in [6.45, 7) is 4.95. The van der Waals surface area contributed by atoms with Crippen LogP contribution in [0.25, 0.3) is 0 Å². The number of piperazine rings is 1. The smallest absolute Gasteiger partial charge is 0.317 e.